The fourth-order valence-corrected chi connectivity index (χ4v) is 2.24. The van der Waals surface area contributed by atoms with Gasteiger partial charge in [-0.15, -0.1) is 0 Å². The Morgan fingerprint density at radius 3 is 2.48 bits per heavy atom. The Labute approximate surface area is 147 Å². The van der Waals surface area contributed by atoms with Crippen LogP contribution in [0.2, 0.25) is 0 Å². The summed E-state index contributed by atoms with van der Waals surface area (Å²) >= 11 is 0. The molecule has 0 radical (unpaired) electrons. The summed E-state index contributed by atoms with van der Waals surface area (Å²) in [5.74, 6) is 0.665. The largest absolute Gasteiger partial charge is 0.370 e. The van der Waals surface area contributed by atoms with Gasteiger partial charge < -0.3 is 16.0 Å². The molecular weight excluding hydrogens is 318 g/mol. The van der Waals surface area contributed by atoms with Crippen molar-refractivity contribution in [1.82, 2.24) is 9.97 Å². The summed E-state index contributed by atoms with van der Waals surface area (Å²) < 4.78 is 0. The average molecular weight is 341 g/mol. The molecule has 0 aliphatic rings. The van der Waals surface area contributed by atoms with Gasteiger partial charge in [0.2, 0.25) is 5.91 Å². The van der Waals surface area contributed by atoms with Crippen molar-refractivity contribution in [2.24, 2.45) is 0 Å². The number of carbonyl (C=O) groups is 2. The van der Waals surface area contributed by atoms with Gasteiger partial charge in [-0.25, -0.2) is 9.97 Å². The van der Waals surface area contributed by atoms with E-state index in [9.17, 15) is 9.59 Å². The lowest BCUT2D eigenvalue weighted by molar-refractivity contribution is -0.114. The Hall–Kier alpha value is -2.96. The topological polar surface area (TPSA) is 96.0 Å². The van der Waals surface area contributed by atoms with E-state index in [1.54, 1.807) is 37.3 Å². The van der Waals surface area contributed by atoms with Gasteiger partial charge in [-0.05, 0) is 31.5 Å². The van der Waals surface area contributed by atoms with Gasteiger partial charge in [0, 0.05) is 30.9 Å². The standard InChI is InChI=1S/C18H23N5O2/c1-4-5-9-19-17-11-16(20-12(2)21-17)18(25)23-15-8-6-7-14(10-15)22-13(3)24/h6-8,10-11H,4-5,9H2,1-3H3,(H,22,24)(H,23,25)(H,19,20,21). The highest BCUT2D eigenvalue weighted by Gasteiger charge is 2.11. The lowest BCUT2D eigenvalue weighted by atomic mass is 10.2. The van der Waals surface area contributed by atoms with Crippen molar-refractivity contribution in [3.63, 3.8) is 0 Å². The van der Waals surface area contributed by atoms with Crippen LogP contribution >= 0.6 is 0 Å². The van der Waals surface area contributed by atoms with E-state index in [1.165, 1.54) is 6.92 Å². The van der Waals surface area contributed by atoms with E-state index in [0.29, 0.717) is 23.0 Å². The zero-order chi connectivity index (χ0) is 18.2. The van der Waals surface area contributed by atoms with E-state index < -0.39 is 0 Å². The van der Waals surface area contributed by atoms with Crippen LogP contribution in [0.3, 0.4) is 0 Å². The minimum absolute atomic E-state index is 0.169. The summed E-state index contributed by atoms with van der Waals surface area (Å²) in [6, 6.07) is 8.58. The first-order valence-corrected chi connectivity index (χ1v) is 8.26. The minimum atomic E-state index is -0.330. The predicted molar refractivity (Wildman–Crippen MR) is 98.9 cm³/mol. The Morgan fingerprint density at radius 2 is 1.80 bits per heavy atom. The van der Waals surface area contributed by atoms with Crippen molar-refractivity contribution >= 4 is 29.0 Å². The van der Waals surface area contributed by atoms with Crippen molar-refractivity contribution < 1.29 is 9.59 Å². The predicted octanol–water partition coefficient (Wildman–Crippen LogP) is 3.21. The molecule has 2 amide bonds. The number of nitrogens with one attached hydrogen (secondary N) is 3. The van der Waals surface area contributed by atoms with E-state index in [2.05, 4.69) is 32.8 Å². The van der Waals surface area contributed by atoms with Gasteiger partial charge >= 0.3 is 0 Å². The number of rotatable bonds is 7. The SMILES string of the molecule is CCCCNc1cc(C(=O)Nc2cccc(NC(C)=O)c2)nc(C)n1. The number of carbonyl (C=O) groups excluding carboxylic acids is 2. The molecule has 7 heteroatoms. The number of hydrogen-bond donors (Lipinski definition) is 3. The maximum atomic E-state index is 12.5. The number of hydrogen-bond acceptors (Lipinski definition) is 5. The van der Waals surface area contributed by atoms with Crippen molar-refractivity contribution in [1.29, 1.82) is 0 Å². The molecule has 1 heterocycles. The van der Waals surface area contributed by atoms with Crippen LogP contribution in [-0.2, 0) is 4.79 Å². The quantitative estimate of drug-likeness (QED) is 0.672. The van der Waals surface area contributed by atoms with E-state index >= 15 is 0 Å². The fraction of sp³-hybridized carbons (Fsp3) is 0.333. The molecule has 132 valence electrons. The maximum absolute atomic E-state index is 12.5. The van der Waals surface area contributed by atoms with Gasteiger partial charge in [-0.1, -0.05) is 19.4 Å². The minimum Gasteiger partial charge on any atom is -0.370 e. The molecule has 0 saturated heterocycles. The number of amides is 2. The first-order chi connectivity index (χ1) is 12.0. The lowest BCUT2D eigenvalue weighted by Gasteiger charge is -2.10. The van der Waals surface area contributed by atoms with E-state index in [1.807, 2.05) is 0 Å². The van der Waals surface area contributed by atoms with Crippen LogP contribution in [-0.4, -0.2) is 28.3 Å². The molecule has 2 aromatic rings. The van der Waals surface area contributed by atoms with E-state index in [0.717, 1.165) is 19.4 Å². The first-order valence-electron chi connectivity index (χ1n) is 8.26. The van der Waals surface area contributed by atoms with Gasteiger partial charge in [0.25, 0.3) is 5.91 Å². The van der Waals surface area contributed by atoms with Crippen molar-refractivity contribution in [3.8, 4) is 0 Å². The Balaban J connectivity index is 2.11. The monoisotopic (exact) mass is 341 g/mol. The molecule has 0 aliphatic carbocycles. The average Bonchev–Trinajstić information content (AvgIpc) is 2.54. The maximum Gasteiger partial charge on any atom is 0.274 e. The number of nitrogens with zero attached hydrogens (tertiary/aromatic N) is 2. The summed E-state index contributed by atoms with van der Waals surface area (Å²) in [6.07, 6.45) is 2.11. The highest BCUT2D eigenvalue weighted by atomic mass is 16.2. The summed E-state index contributed by atoms with van der Waals surface area (Å²) in [6.45, 7) is 6.09. The molecule has 7 nitrogen and oxygen atoms in total. The number of unbranched alkanes of at least 4 members (excludes halogenated alkanes) is 1. The molecule has 2 rings (SSSR count). The van der Waals surface area contributed by atoms with Crippen LogP contribution in [0.4, 0.5) is 17.2 Å². The number of aryl methyl sites for hydroxylation is 1. The molecule has 0 spiro atoms. The van der Waals surface area contributed by atoms with Gasteiger partial charge in [0.05, 0.1) is 0 Å². The van der Waals surface area contributed by atoms with Crippen LogP contribution in [0.25, 0.3) is 0 Å². The zero-order valence-electron chi connectivity index (χ0n) is 14.7. The Morgan fingerprint density at radius 1 is 1.08 bits per heavy atom. The zero-order valence-corrected chi connectivity index (χ0v) is 14.7. The van der Waals surface area contributed by atoms with Gasteiger partial charge in [0.15, 0.2) is 0 Å². The first kappa shape index (κ1) is 18.4. The summed E-state index contributed by atoms with van der Waals surface area (Å²) in [5.41, 5.74) is 1.48. The highest BCUT2D eigenvalue weighted by Crippen LogP contribution is 2.16. The van der Waals surface area contributed by atoms with Crippen LogP contribution in [0, 0.1) is 6.92 Å². The van der Waals surface area contributed by atoms with E-state index in [4.69, 9.17) is 0 Å². The third kappa shape index (κ3) is 5.87. The van der Waals surface area contributed by atoms with Crippen molar-refractivity contribution in [2.45, 2.75) is 33.6 Å². The normalized spacial score (nSPS) is 10.2. The third-order valence-corrected chi connectivity index (χ3v) is 3.35. The summed E-state index contributed by atoms with van der Waals surface area (Å²) in [7, 11) is 0. The second-order valence-corrected chi connectivity index (χ2v) is 5.68. The molecule has 0 saturated carbocycles. The second-order valence-electron chi connectivity index (χ2n) is 5.68. The molecule has 25 heavy (non-hydrogen) atoms. The molecule has 0 atom stereocenters. The molecule has 0 fully saturated rings. The summed E-state index contributed by atoms with van der Waals surface area (Å²) in [5, 5.41) is 8.66. The molecule has 0 bridgehead atoms. The van der Waals surface area contributed by atoms with Crippen LogP contribution in [0.15, 0.2) is 30.3 Å². The van der Waals surface area contributed by atoms with Crippen LogP contribution in [0.5, 0.6) is 0 Å². The number of anilines is 3. The molecular formula is C18H23N5O2. The van der Waals surface area contributed by atoms with Gasteiger partial charge in [-0.2, -0.15) is 0 Å². The fourth-order valence-electron chi connectivity index (χ4n) is 2.24. The smallest absolute Gasteiger partial charge is 0.274 e. The van der Waals surface area contributed by atoms with Gasteiger partial charge in [-0.3, -0.25) is 9.59 Å². The third-order valence-electron chi connectivity index (χ3n) is 3.35. The Bertz CT molecular complexity index is 761. The second kappa shape index (κ2) is 8.77. The highest BCUT2D eigenvalue weighted by molar-refractivity contribution is 6.03. The van der Waals surface area contributed by atoms with Gasteiger partial charge in [0.1, 0.15) is 17.3 Å². The van der Waals surface area contributed by atoms with Crippen LogP contribution in [0.1, 0.15) is 43.0 Å². The summed E-state index contributed by atoms with van der Waals surface area (Å²) in [4.78, 5) is 32.1. The van der Waals surface area contributed by atoms with E-state index in [-0.39, 0.29) is 17.5 Å². The van der Waals surface area contributed by atoms with Crippen molar-refractivity contribution in [3.05, 3.63) is 41.9 Å². The number of aromatic nitrogens is 2. The molecule has 1 aromatic heterocycles. The lowest BCUT2D eigenvalue weighted by Crippen LogP contribution is -2.16. The molecule has 1 aromatic carbocycles. The Kier molecular flexibility index (Phi) is 6.45. The molecule has 0 aliphatic heterocycles. The molecule has 0 unspecified atom stereocenters. The number of benzene rings is 1. The van der Waals surface area contributed by atoms with Crippen LogP contribution < -0.4 is 16.0 Å². The van der Waals surface area contributed by atoms with Crippen molar-refractivity contribution in [2.75, 3.05) is 22.5 Å². The molecule has 3 N–H and O–H groups in total.